The lowest BCUT2D eigenvalue weighted by Crippen LogP contribution is -2.30. The zero-order valence-electron chi connectivity index (χ0n) is 8.66. The number of carbonyl (C=O) groups is 1. The van der Waals surface area contributed by atoms with E-state index in [2.05, 4.69) is 21.2 Å². The lowest BCUT2D eigenvalue weighted by molar-refractivity contribution is -0.138. The average Bonchev–Trinajstić information content (AvgIpc) is 2.50. The number of hydrogen-bond acceptors (Lipinski definition) is 3. The first kappa shape index (κ1) is 12.5. The molecule has 1 heterocycles. The van der Waals surface area contributed by atoms with Crippen molar-refractivity contribution in [3.05, 3.63) is 15.2 Å². The van der Waals surface area contributed by atoms with Crippen LogP contribution in [0.2, 0.25) is 0 Å². The van der Waals surface area contributed by atoms with E-state index in [1.807, 2.05) is 24.6 Å². The molecule has 2 N–H and O–H groups in total. The number of nitrogens with one attached hydrogen (secondary N) is 1. The Morgan fingerprint density at radius 2 is 2.27 bits per heavy atom. The molecule has 0 fully saturated rings. The zero-order chi connectivity index (χ0) is 11.4. The van der Waals surface area contributed by atoms with Crippen LogP contribution in [0.25, 0.3) is 0 Å². The van der Waals surface area contributed by atoms with Gasteiger partial charge in [0.15, 0.2) is 0 Å². The number of carboxylic acids is 1. The van der Waals surface area contributed by atoms with Gasteiger partial charge in [0.25, 0.3) is 0 Å². The van der Waals surface area contributed by atoms with E-state index in [9.17, 15) is 4.79 Å². The van der Waals surface area contributed by atoms with E-state index in [4.69, 9.17) is 5.11 Å². The second kappa shape index (κ2) is 5.51. The predicted molar refractivity (Wildman–Crippen MR) is 66.5 cm³/mol. The molecule has 0 aliphatic heterocycles. The van der Waals surface area contributed by atoms with Gasteiger partial charge in [-0.1, -0.05) is 13.8 Å². The van der Waals surface area contributed by atoms with Crippen molar-refractivity contribution in [2.24, 2.45) is 5.92 Å². The van der Waals surface area contributed by atoms with Gasteiger partial charge in [-0.25, -0.2) is 4.79 Å². The Labute approximate surface area is 102 Å². The van der Waals surface area contributed by atoms with Gasteiger partial charge in [-0.3, -0.25) is 0 Å². The molecule has 0 bridgehead atoms. The van der Waals surface area contributed by atoms with E-state index >= 15 is 0 Å². The van der Waals surface area contributed by atoms with E-state index in [0.29, 0.717) is 12.3 Å². The fourth-order valence-electron chi connectivity index (χ4n) is 1.27. The molecule has 1 atom stereocenters. The highest BCUT2D eigenvalue weighted by Crippen LogP contribution is 2.27. The van der Waals surface area contributed by atoms with Gasteiger partial charge in [0.2, 0.25) is 0 Å². The molecule has 0 spiro atoms. The quantitative estimate of drug-likeness (QED) is 0.874. The number of carboxylic acid groups (broad SMARTS) is 1. The summed E-state index contributed by atoms with van der Waals surface area (Å²) in [5.41, 5.74) is 0.855. The molecule has 1 aromatic heterocycles. The summed E-state index contributed by atoms with van der Waals surface area (Å²) in [6.07, 6.45) is 0.623. The van der Waals surface area contributed by atoms with Crippen LogP contribution >= 0.6 is 27.3 Å². The van der Waals surface area contributed by atoms with E-state index in [1.165, 1.54) is 11.3 Å². The van der Waals surface area contributed by atoms with Crippen LogP contribution in [-0.4, -0.2) is 17.1 Å². The molecule has 0 unspecified atom stereocenters. The fraction of sp³-hybridized carbons (Fsp3) is 0.500. The van der Waals surface area contributed by atoms with Crippen molar-refractivity contribution < 1.29 is 9.90 Å². The standard InChI is InChI=1S/C10H14BrNO2S/c1-6(2)3-8(10(13)14)12-9-5-15-4-7(9)11/h4-6,8,12H,3H2,1-2H3,(H,13,14)/t8-/m0/s1. The Balaban J connectivity index is 2.67. The van der Waals surface area contributed by atoms with E-state index < -0.39 is 12.0 Å². The Morgan fingerprint density at radius 3 is 2.67 bits per heavy atom. The van der Waals surface area contributed by atoms with Crippen LogP contribution in [-0.2, 0) is 4.79 Å². The Morgan fingerprint density at radius 1 is 1.60 bits per heavy atom. The number of rotatable bonds is 5. The van der Waals surface area contributed by atoms with Crippen LogP contribution in [0.4, 0.5) is 5.69 Å². The van der Waals surface area contributed by atoms with Gasteiger partial charge >= 0.3 is 5.97 Å². The molecule has 0 aromatic carbocycles. The summed E-state index contributed by atoms with van der Waals surface area (Å²) in [6, 6.07) is -0.518. The first-order valence-electron chi connectivity index (χ1n) is 4.71. The van der Waals surface area contributed by atoms with Crippen molar-refractivity contribution >= 4 is 38.9 Å². The SMILES string of the molecule is CC(C)C[C@H](Nc1cscc1Br)C(=O)O. The van der Waals surface area contributed by atoms with Crippen LogP contribution in [0.3, 0.4) is 0 Å². The molecule has 0 saturated heterocycles. The highest BCUT2D eigenvalue weighted by atomic mass is 79.9. The average molecular weight is 292 g/mol. The molecule has 0 amide bonds. The van der Waals surface area contributed by atoms with Crippen LogP contribution < -0.4 is 5.32 Å². The molecule has 5 heteroatoms. The number of halogens is 1. The molecule has 1 rings (SSSR count). The number of anilines is 1. The van der Waals surface area contributed by atoms with Crippen molar-refractivity contribution in [3.8, 4) is 0 Å². The minimum absolute atomic E-state index is 0.357. The molecule has 0 saturated carbocycles. The van der Waals surface area contributed by atoms with E-state index in [-0.39, 0.29) is 0 Å². The van der Waals surface area contributed by atoms with Crippen LogP contribution in [0, 0.1) is 5.92 Å². The van der Waals surface area contributed by atoms with Crippen LogP contribution in [0.5, 0.6) is 0 Å². The van der Waals surface area contributed by atoms with E-state index in [0.717, 1.165) is 10.2 Å². The second-order valence-electron chi connectivity index (χ2n) is 3.80. The molecule has 3 nitrogen and oxygen atoms in total. The normalized spacial score (nSPS) is 12.8. The molecule has 15 heavy (non-hydrogen) atoms. The maximum atomic E-state index is 11.0. The third-order valence-corrected chi connectivity index (χ3v) is 3.65. The second-order valence-corrected chi connectivity index (χ2v) is 5.40. The van der Waals surface area contributed by atoms with Crippen molar-refractivity contribution in [1.82, 2.24) is 0 Å². The van der Waals surface area contributed by atoms with Crippen LogP contribution in [0.1, 0.15) is 20.3 Å². The molecule has 1 aromatic rings. The summed E-state index contributed by atoms with van der Waals surface area (Å²) in [6.45, 7) is 4.03. The van der Waals surface area contributed by atoms with Gasteiger partial charge < -0.3 is 10.4 Å². The number of hydrogen-bond donors (Lipinski definition) is 2. The molecule has 84 valence electrons. The number of thiophene rings is 1. The molecule has 0 aliphatic carbocycles. The van der Waals surface area contributed by atoms with Crippen molar-refractivity contribution in [2.75, 3.05) is 5.32 Å². The first-order chi connectivity index (χ1) is 7.00. The van der Waals surface area contributed by atoms with Gasteiger partial charge in [-0.15, -0.1) is 11.3 Å². The Kier molecular flexibility index (Phi) is 4.60. The van der Waals surface area contributed by atoms with Gasteiger partial charge in [-0.2, -0.15) is 0 Å². The van der Waals surface area contributed by atoms with Crippen LogP contribution in [0.15, 0.2) is 15.2 Å². The highest BCUT2D eigenvalue weighted by molar-refractivity contribution is 9.10. The molecule has 0 aliphatic rings. The summed E-state index contributed by atoms with van der Waals surface area (Å²) < 4.78 is 0.919. The van der Waals surface area contributed by atoms with Gasteiger partial charge in [0.1, 0.15) is 6.04 Å². The lowest BCUT2D eigenvalue weighted by atomic mass is 10.0. The fourth-order valence-corrected chi connectivity index (χ4v) is 2.61. The topological polar surface area (TPSA) is 49.3 Å². The molecular weight excluding hydrogens is 278 g/mol. The first-order valence-corrected chi connectivity index (χ1v) is 6.45. The summed E-state index contributed by atoms with van der Waals surface area (Å²) in [5, 5.41) is 15.9. The molecule has 0 radical (unpaired) electrons. The summed E-state index contributed by atoms with van der Waals surface area (Å²) >= 11 is 4.90. The van der Waals surface area contributed by atoms with E-state index in [1.54, 1.807) is 0 Å². The summed E-state index contributed by atoms with van der Waals surface area (Å²) in [5.74, 6) is -0.446. The van der Waals surface area contributed by atoms with Crippen molar-refractivity contribution in [1.29, 1.82) is 0 Å². The minimum atomic E-state index is -0.804. The largest absolute Gasteiger partial charge is 0.480 e. The van der Waals surface area contributed by atoms with Crippen molar-refractivity contribution in [2.45, 2.75) is 26.3 Å². The Hall–Kier alpha value is -0.550. The summed E-state index contributed by atoms with van der Waals surface area (Å²) in [4.78, 5) is 11.0. The maximum absolute atomic E-state index is 11.0. The maximum Gasteiger partial charge on any atom is 0.326 e. The van der Waals surface area contributed by atoms with Gasteiger partial charge in [0.05, 0.1) is 10.2 Å². The lowest BCUT2D eigenvalue weighted by Gasteiger charge is -2.16. The highest BCUT2D eigenvalue weighted by Gasteiger charge is 2.19. The monoisotopic (exact) mass is 291 g/mol. The zero-order valence-corrected chi connectivity index (χ0v) is 11.1. The number of aliphatic carboxylic acids is 1. The Bertz CT molecular complexity index is 338. The third-order valence-electron chi connectivity index (χ3n) is 1.95. The predicted octanol–water partition coefficient (Wildman–Crippen LogP) is 3.42. The van der Waals surface area contributed by atoms with Crippen molar-refractivity contribution in [3.63, 3.8) is 0 Å². The smallest absolute Gasteiger partial charge is 0.326 e. The van der Waals surface area contributed by atoms with Gasteiger partial charge in [-0.05, 0) is 28.3 Å². The van der Waals surface area contributed by atoms with Gasteiger partial charge in [0, 0.05) is 10.8 Å². The minimum Gasteiger partial charge on any atom is -0.480 e. The third kappa shape index (κ3) is 3.83. The summed E-state index contributed by atoms with van der Waals surface area (Å²) in [7, 11) is 0. The molecular formula is C10H14BrNO2S.